The number of para-hydroxylation sites is 1. The number of halogens is 3. The highest BCUT2D eigenvalue weighted by Crippen LogP contribution is 2.32. The molecular weight excluding hydrogens is 527 g/mol. The van der Waals surface area contributed by atoms with E-state index in [-0.39, 0.29) is 17.7 Å². The summed E-state index contributed by atoms with van der Waals surface area (Å²) in [7, 11) is 0. The minimum Gasteiger partial charge on any atom is -0.406 e. The van der Waals surface area contributed by atoms with Crippen LogP contribution < -0.4 is 20.1 Å². The van der Waals surface area contributed by atoms with Crippen LogP contribution in [0.1, 0.15) is 28.3 Å². The van der Waals surface area contributed by atoms with Crippen molar-refractivity contribution in [2.75, 3.05) is 15.7 Å². The van der Waals surface area contributed by atoms with E-state index in [1.807, 2.05) is 68.6 Å². The summed E-state index contributed by atoms with van der Waals surface area (Å²) >= 11 is 1.36. The van der Waals surface area contributed by atoms with Crippen LogP contribution in [0.3, 0.4) is 0 Å². The van der Waals surface area contributed by atoms with Crippen molar-refractivity contribution in [1.29, 1.82) is 0 Å². The van der Waals surface area contributed by atoms with E-state index in [1.54, 1.807) is 28.3 Å². The Kier molecular flexibility index (Phi) is 7.45. The van der Waals surface area contributed by atoms with Crippen molar-refractivity contribution in [2.45, 2.75) is 26.3 Å². The zero-order chi connectivity index (χ0) is 27.6. The molecule has 2 aliphatic rings. The summed E-state index contributed by atoms with van der Waals surface area (Å²) < 4.78 is 41.1. The number of nitrogens with one attached hydrogen (secondary N) is 1. The molecule has 2 heterocycles. The number of amidine groups is 1. The van der Waals surface area contributed by atoms with Gasteiger partial charge in [0.2, 0.25) is 5.91 Å². The maximum absolute atomic E-state index is 12.6. The standard InChI is InChI=1S/C28H24F3N5O2S/c1-18-4-3-5-19(2)26(18)36-25(37)17-39-27(36)33-32-16-20-6-8-21(9-7-20)24-14-15-35(34-24)22-10-12-23(13-11-22)38-28(29,30)31/h3-16,24,34H,17H2,1-2H3/b32-16+,33-27-. The topological polar surface area (TPSA) is 69.5 Å². The molecule has 3 aromatic carbocycles. The Hall–Kier alpha value is -4.09. The third-order valence-corrected chi connectivity index (χ3v) is 7.04. The van der Waals surface area contributed by atoms with Gasteiger partial charge in [0.1, 0.15) is 5.75 Å². The lowest BCUT2D eigenvalue weighted by molar-refractivity contribution is -0.274. The molecule has 0 saturated carbocycles. The average molecular weight is 552 g/mol. The van der Waals surface area contributed by atoms with Crippen molar-refractivity contribution >= 4 is 40.4 Å². The van der Waals surface area contributed by atoms with Gasteiger partial charge in [0.25, 0.3) is 0 Å². The van der Waals surface area contributed by atoms with Crippen molar-refractivity contribution < 1.29 is 22.7 Å². The van der Waals surface area contributed by atoms with Gasteiger partial charge in [-0.1, -0.05) is 54.2 Å². The summed E-state index contributed by atoms with van der Waals surface area (Å²) in [6, 6.07) is 19.1. The quantitative estimate of drug-likeness (QED) is 0.290. The Labute approximate surface area is 227 Å². The van der Waals surface area contributed by atoms with Gasteiger partial charge in [-0.2, -0.15) is 5.10 Å². The predicted octanol–water partition coefficient (Wildman–Crippen LogP) is 6.25. The lowest BCUT2D eigenvalue weighted by Gasteiger charge is -2.20. The van der Waals surface area contributed by atoms with Crippen LogP contribution in [-0.4, -0.2) is 29.4 Å². The monoisotopic (exact) mass is 551 g/mol. The number of alkyl halides is 3. The molecule has 200 valence electrons. The molecular formula is C28H24F3N5O2S. The van der Waals surface area contributed by atoms with E-state index in [0.29, 0.717) is 16.6 Å². The van der Waals surface area contributed by atoms with E-state index < -0.39 is 6.36 Å². The van der Waals surface area contributed by atoms with Gasteiger partial charge in [0, 0.05) is 6.20 Å². The second-order valence-electron chi connectivity index (χ2n) is 8.91. The van der Waals surface area contributed by atoms with Crippen molar-refractivity contribution in [3.63, 3.8) is 0 Å². The molecule has 0 aromatic heterocycles. The molecule has 39 heavy (non-hydrogen) atoms. The first-order chi connectivity index (χ1) is 18.7. The number of hydrazine groups is 1. The van der Waals surface area contributed by atoms with Crippen LogP contribution in [-0.2, 0) is 4.79 Å². The van der Waals surface area contributed by atoms with Gasteiger partial charge in [-0.25, -0.2) is 5.43 Å². The van der Waals surface area contributed by atoms with E-state index >= 15 is 0 Å². The smallest absolute Gasteiger partial charge is 0.406 e. The molecule has 0 aliphatic carbocycles. The molecule has 1 unspecified atom stereocenters. The normalized spacial score (nSPS) is 18.6. The number of amides is 1. The van der Waals surface area contributed by atoms with Gasteiger partial charge < -0.3 is 4.74 Å². The Morgan fingerprint density at radius 3 is 2.38 bits per heavy atom. The Morgan fingerprint density at radius 2 is 1.72 bits per heavy atom. The first kappa shape index (κ1) is 26.5. The number of ether oxygens (including phenoxy) is 1. The molecule has 1 amide bonds. The van der Waals surface area contributed by atoms with E-state index in [2.05, 4.69) is 20.4 Å². The first-order valence-electron chi connectivity index (χ1n) is 12.0. The zero-order valence-corrected chi connectivity index (χ0v) is 21.8. The summed E-state index contributed by atoms with van der Waals surface area (Å²) in [5, 5.41) is 10.8. The molecule has 1 fully saturated rings. The Bertz CT molecular complexity index is 1430. The molecule has 7 nitrogen and oxygen atoms in total. The highest BCUT2D eigenvalue weighted by molar-refractivity contribution is 8.15. The number of rotatable bonds is 6. The number of anilines is 2. The average Bonchev–Trinajstić information content (AvgIpc) is 3.52. The number of thioether (sulfide) groups is 1. The predicted molar refractivity (Wildman–Crippen MR) is 148 cm³/mol. The van der Waals surface area contributed by atoms with E-state index in [4.69, 9.17) is 0 Å². The van der Waals surface area contributed by atoms with E-state index in [0.717, 1.165) is 27.9 Å². The number of hydrogen-bond donors (Lipinski definition) is 1. The number of carbonyl (C=O) groups is 1. The lowest BCUT2D eigenvalue weighted by atomic mass is 10.1. The Morgan fingerprint density at radius 1 is 1.03 bits per heavy atom. The van der Waals surface area contributed by atoms with Gasteiger partial charge >= 0.3 is 6.36 Å². The molecule has 5 rings (SSSR count). The molecule has 2 aliphatic heterocycles. The molecule has 11 heteroatoms. The second kappa shape index (κ2) is 11.0. The number of nitrogens with zero attached hydrogens (tertiary/aromatic N) is 4. The second-order valence-corrected chi connectivity index (χ2v) is 9.85. The number of aryl methyl sites for hydroxylation is 2. The first-order valence-corrected chi connectivity index (χ1v) is 13.0. The molecule has 0 spiro atoms. The zero-order valence-electron chi connectivity index (χ0n) is 21.0. The third kappa shape index (κ3) is 6.15. The molecule has 0 bridgehead atoms. The van der Waals surface area contributed by atoms with E-state index in [9.17, 15) is 18.0 Å². The Balaban J connectivity index is 1.22. The van der Waals surface area contributed by atoms with Crippen LogP contribution in [0.4, 0.5) is 24.5 Å². The van der Waals surface area contributed by atoms with Gasteiger partial charge in [-0.15, -0.1) is 18.3 Å². The minimum absolute atomic E-state index is 0.0209. The SMILES string of the molecule is Cc1cccc(C)c1N1C(=O)CS/C1=N\N=C\c1ccc(C2C=CN(c3ccc(OC(F)(F)F)cc3)N2)cc1. The van der Waals surface area contributed by atoms with Crippen LogP contribution in [0.15, 0.2) is 89.2 Å². The third-order valence-electron chi connectivity index (χ3n) is 6.13. The van der Waals surface area contributed by atoms with E-state index in [1.165, 1.54) is 23.9 Å². The lowest BCUT2D eigenvalue weighted by Crippen LogP contribution is -2.30. The summed E-state index contributed by atoms with van der Waals surface area (Å²) in [4.78, 5) is 14.2. The highest BCUT2D eigenvalue weighted by Gasteiger charge is 2.32. The summed E-state index contributed by atoms with van der Waals surface area (Å²) in [6.07, 6.45) is 0.680. The van der Waals surface area contributed by atoms with Crippen molar-refractivity contribution in [2.24, 2.45) is 10.2 Å². The largest absolute Gasteiger partial charge is 0.573 e. The highest BCUT2D eigenvalue weighted by atomic mass is 32.2. The number of carbonyl (C=O) groups excluding carboxylic acids is 1. The summed E-state index contributed by atoms with van der Waals surface area (Å²) in [5.41, 5.74) is 8.64. The van der Waals surface area contributed by atoms with Crippen LogP contribution in [0, 0.1) is 13.8 Å². The fourth-order valence-corrected chi connectivity index (χ4v) is 5.12. The maximum atomic E-state index is 12.6. The van der Waals surface area contributed by atoms with Crippen molar-refractivity contribution in [1.82, 2.24) is 5.43 Å². The summed E-state index contributed by atoms with van der Waals surface area (Å²) in [5.74, 6) is 0.0262. The van der Waals surface area contributed by atoms with Crippen LogP contribution in [0.25, 0.3) is 0 Å². The maximum Gasteiger partial charge on any atom is 0.573 e. The summed E-state index contributed by atoms with van der Waals surface area (Å²) in [6.45, 7) is 3.94. The van der Waals surface area contributed by atoms with Crippen molar-refractivity contribution in [3.8, 4) is 5.75 Å². The van der Waals surface area contributed by atoms with Crippen LogP contribution >= 0.6 is 11.8 Å². The number of hydrogen-bond acceptors (Lipinski definition) is 7. The fraction of sp³-hybridized carbons (Fsp3) is 0.179. The fourth-order valence-electron chi connectivity index (χ4n) is 4.31. The number of benzene rings is 3. The van der Waals surface area contributed by atoms with Gasteiger partial charge in [0.05, 0.1) is 29.4 Å². The minimum atomic E-state index is -4.72. The molecule has 1 N–H and O–H groups in total. The van der Waals surface area contributed by atoms with Crippen LogP contribution in [0.2, 0.25) is 0 Å². The molecule has 0 radical (unpaired) electrons. The van der Waals surface area contributed by atoms with Gasteiger partial charge in [-0.3, -0.25) is 14.7 Å². The van der Waals surface area contributed by atoms with Gasteiger partial charge in [0.15, 0.2) is 5.17 Å². The molecule has 1 saturated heterocycles. The van der Waals surface area contributed by atoms with Crippen LogP contribution in [0.5, 0.6) is 5.75 Å². The molecule has 3 aromatic rings. The molecule has 1 atom stereocenters. The van der Waals surface area contributed by atoms with Gasteiger partial charge in [-0.05, 0) is 66.4 Å². The van der Waals surface area contributed by atoms with Crippen molar-refractivity contribution in [3.05, 3.63) is 101 Å².